The van der Waals surface area contributed by atoms with Crippen molar-refractivity contribution in [2.45, 2.75) is 23.8 Å². The summed E-state index contributed by atoms with van der Waals surface area (Å²) in [4.78, 5) is 14.4. The standard InChI is InChI=1S/C20H25N3O4S/c1-22-13-11-17(12-14-22)23(2)28(25,26)19-8-5-16(6-9-19)21-20(24)10-7-18-4-3-15-27-18/h3-10,15,17H,11-14H2,1-2H3,(H,21,24)/b10-7+. The Bertz CT molecular complexity index is 913. The summed E-state index contributed by atoms with van der Waals surface area (Å²) in [6, 6.07) is 9.71. The van der Waals surface area contributed by atoms with Crippen LogP contribution in [-0.2, 0) is 14.8 Å². The van der Waals surface area contributed by atoms with Crippen molar-refractivity contribution in [3.8, 4) is 0 Å². The summed E-state index contributed by atoms with van der Waals surface area (Å²) in [6.07, 6.45) is 6.09. The van der Waals surface area contributed by atoms with E-state index < -0.39 is 10.0 Å². The second-order valence-electron chi connectivity index (χ2n) is 6.92. The molecule has 0 atom stereocenters. The van der Waals surface area contributed by atoms with Gasteiger partial charge in [0.05, 0.1) is 11.2 Å². The number of sulfonamides is 1. The summed E-state index contributed by atoms with van der Waals surface area (Å²) in [6.45, 7) is 1.78. The highest BCUT2D eigenvalue weighted by Gasteiger charge is 2.30. The normalized spacial score (nSPS) is 16.7. The van der Waals surface area contributed by atoms with Gasteiger partial charge in [-0.25, -0.2) is 8.42 Å². The van der Waals surface area contributed by atoms with E-state index in [4.69, 9.17) is 4.42 Å². The third-order valence-electron chi connectivity index (χ3n) is 4.94. The number of carbonyl (C=O) groups is 1. The van der Waals surface area contributed by atoms with Crippen LogP contribution in [0.3, 0.4) is 0 Å². The van der Waals surface area contributed by atoms with Crippen LogP contribution < -0.4 is 5.32 Å². The molecule has 0 bridgehead atoms. The zero-order valence-corrected chi connectivity index (χ0v) is 16.9. The number of carbonyl (C=O) groups excluding carboxylic acids is 1. The minimum atomic E-state index is -3.57. The third kappa shape index (κ3) is 4.89. The number of hydrogen-bond acceptors (Lipinski definition) is 5. The highest BCUT2D eigenvalue weighted by atomic mass is 32.2. The molecular weight excluding hydrogens is 378 g/mol. The van der Waals surface area contributed by atoms with Crippen molar-refractivity contribution in [2.24, 2.45) is 0 Å². The molecule has 28 heavy (non-hydrogen) atoms. The lowest BCUT2D eigenvalue weighted by atomic mass is 10.1. The predicted octanol–water partition coefficient (Wildman–Crippen LogP) is 2.65. The molecular formula is C20H25N3O4S. The van der Waals surface area contributed by atoms with Crippen LogP contribution in [0.2, 0.25) is 0 Å². The molecule has 150 valence electrons. The van der Waals surface area contributed by atoms with E-state index in [0.29, 0.717) is 11.4 Å². The monoisotopic (exact) mass is 403 g/mol. The molecule has 7 nitrogen and oxygen atoms in total. The molecule has 2 aromatic rings. The fraction of sp³-hybridized carbons (Fsp3) is 0.350. The SMILES string of the molecule is CN1CCC(N(C)S(=O)(=O)c2ccc(NC(=O)/C=C/c3ccco3)cc2)CC1. The predicted molar refractivity (Wildman–Crippen MR) is 108 cm³/mol. The first-order valence-corrected chi connectivity index (χ1v) is 10.6. The lowest BCUT2D eigenvalue weighted by Gasteiger charge is -2.34. The second kappa shape index (κ2) is 8.72. The molecule has 0 aliphatic carbocycles. The minimum Gasteiger partial charge on any atom is -0.465 e. The van der Waals surface area contributed by atoms with Crippen LogP contribution in [0.1, 0.15) is 18.6 Å². The van der Waals surface area contributed by atoms with E-state index in [0.717, 1.165) is 25.9 Å². The van der Waals surface area contributed by atoms with Crippen molar-refractivity contribution < 1.29 is 17.6 Å². The molecule has 1 amide bonds. The lowest BCUT2D eigenvalue weighted by molar-refractivity contribution is -0.111. The van der Waals surface area contributed by atoms with Gasteiger partial charge in [0, 0.05) is 24.9 Å². The van der Waals surface area contributed by atoms with Crippen LogP contribution in [-0.4, -0.2) is 56.8 Å². The fourth-order valence-corrected chi connectivity index (χ4v) is 4.58. The average molecular weight is 404 g/mol. The molecule has 0 unspecified atom stereocenters. The van der Waals surface area contributed by atoms with Gasteiger partial charge in [0.25, 0.3) is 0 Å². The quantitative estimate of drug-likeness (QED) is 0.750. The van der Waals surface area contributed by atoms with E-state index in [1.807, 2.05) is 7.05 Å². The van der Waals surface area contributed by atoms with Crippen LogP contribution in [0.5, 0.6) is 0 Å². The van der Waals surface area contributed by atoms with Gasteiger partial charge in [-0.1, -0.05) is 0 Å². The molecule has 1 aliphatic rings. The second-order valence-corrected chi connectivity index (χ2v) is 8.92. The van der Waals surface area contributed by atoms with Crippen LogP contribution in [0.15, 0.2) is 58.1 Å². The number of furan rings is 1. The van der Waals surface area contributed by atoms with Crippen molar-refractivity contribution >= 4 is 27.7 Å². The van der Waals surface area contributed by atoms with Crippen molar-refractivity contribution in [3.63, 3.8) is 0 Å². The number of benzene rings is 1. The van der Waals surface area contributed by atoms with E-state index in [-0.39, 0.29) is 16.8 Å². The van der Waals surface area contributed by atoms with Gasteiger partial charge in [0.1, 0.15) is 5.76 Å². The van der Waals surface area contributed by atoms with E-state index in [1.54, 1.807) is 37.4 Å². The highest BCUT2D eigenvalue weighted by Crippen LogP contribution is 2.23. The number of likely N-dealkylation sites (tertiary alicyclic amines) is 1. The Balaban J connectivity index is 1.63. The molecule has 0 saturated carbocycles. The molecule has 0 spiro atoms. The first kappa shape index (κ1) is 20.3. The summed E-state index contributed by atoms with van der Waals surface area (Å²) in [5.41, 5.74) is 0.523. The lowest BCUT2D eigenvalue weighted by Crippen LogP contribution is -2.44. The Morgan fingerprint density at radius 3 is 2.50 bits per heavy atom. The maximum atomic E-state index is 12.9. The summed E-state index contributed by atoms with van der Waals surface area (Å²) in [7, 11) is 0.117. The van der Waals surface area contributed by atoms with Crippen molar-refractivity contribution in [1.82, 2.24) is 9.21 Å². The van der Waals surface area contributed by atoms with Gasteiger partial charge in [0.15, 0.2) is 0 Å². The van der Waals surface area contributed by atoms with Crippen molar-refractivity contribution in [1.29, 1.82) is 0 Å². The van der Waals surface area contributed by atoms with Gasteiger partial charge in [-0.2, -0.15) is 4.31 Å². The molecule has 8 heteroatoms. The number of hydrogen-bond donors (Lipinski definition) is 1. The summed E-state index contributed by atoms with van der Waals surface area (Å²) >= 11 is 0. The third-order valence-corrected chi connectivity index (χ3v) is 6.87. The molecule has 1 fully saturated rings. The molecule has 2 heterocycles. The zero-order chi connectivity index (χ0) is 20.1. The molecule has 1 saturated heterocycles. The van der Waals surface area contributed by atoms with Crippen LogP contribution >= 0.6 is 0 Å². The zero-order valence-electron chi connectivity index (χ0n) is 16.0. The summed E-state index contributed by atoms with van der Waals surface area (Å²) < 4.78 is 32.4. The first-order chi connectivity index (χ1) is 13.4. The van der Waals surface area contributed by atoms with E-state index in [9.17, 15) is 13.2 Å². The van der Waals surface area contributed by atoms with Gasteiger partial charge >= 0.3 is 0 Å². The van der Waals surface area contributed by atoms with E-state index >= 15 is 0 Å². The summed E-state index contributed by atoms with van der Waals surface area (Å²) in [5, 5.41) is 2.70. The molecule has 1 aromatic heterocycles. The molecule has 1 aliphatic heterocycles. The van der Waals surface area contributed by atoms with Crippen LogP contribution in [0, 0.1) is 0 Å². The number of nitrogens with zero attached hydrogens (tertiary/aromatic N) is 2. The maximum Gasteiger partial charge on any atom is 0.248 e. The fourth-order valence-electron chi connectivity index (χ4n) is 3.16. The molecule has 0 radical (unpaired) electrons. The molecule has 3 rings (SSSR count). The maximum absolute atomic E-state index is 12.9. The highest BCUT2D eigenvalue weighted by molar-refractivity contribution is 7.89. The first-order valence-electron chi connectivity index (χ1n) is 9.15. The number of amides is 1. The van der Waals surface area contributed by atoms with E-state index in [1.165, 1.54) is 28.8 Å². The number of nitrogens with one attached hydrogen (secondary N) is 1. The van der Waals surface area contributed by atoms with E-state index in [2.05, 4.69) is 10.2 Å². The molecule has 1 aromatic carbocycles. The molecule has 1 N–H and O–H groups in total. The average Bonchev–Trinajstić information content (AvgIpc) is 3.20. The topological polar surface area (TPSA) is 82.9 Å². The van der Waals surface area contributed by atoms with Crippen molar-refractivity contribution in [3.05, 3.63) is 54.5 Å². The smallest absolute Gasteiger partial charge is 0.248 e. The van der Waals surface area contributed by atoms with Gasteiger partial charge in [-0.05, 0) is 75.5 Å². The van der Waals surface area contributed by atoms with Crippen LogP contribution in [0.4, 0.5) is 5.69 Å². The van der Waals surface area contributed by atoms with Gasteiger partial charge in [-0.3, -0.25) is 4.79 Å². The van der Waals surface area contributed by atoms with Gasteiger partial charge < -0.3 is 14.6 Å². The van der Waals surface area contributed by atoms with Crippen molar-refractivity contribution in [2.75, 3.05) is 32.5 Å². The van der Waals surface area contributed by atoms with Gasteiger partial charge in [-0.15, -0.1) is 0 Å². The Kier molecular flexibility index (Phi) is 6.33. The Labute approximate surface area is 165 Å². The largest absolute Gasteiger partial charge is 0.465 e. The number of piperidine rings is 1. The Morgan fingerprint density at radius 1 is 1.21 bits per heavy atom. The number of rotatable bonds is 6. The minimum absolute atomic E-state index is 0.00678. The Hall–Kier alpha value is -2.42. The van der Waals surface area contributed by atoms with Crippen LogP contribution in [0.25, 0.3) is 6.08 Å². The summed E-state index contributed by atoms with van der Waals surface area (Å²) in [5.74, 6) is 0.254. The Morgan fingerprint density at radius 2 is 1.89 bits per heavy atom. The number of anilines is 1. The van der Waals surface area contributed by atoms with Gasteiger partial charge in [0.2, 0.25) is 15.9 Å².